The third-order valence-electron chi connectivity index (χ3n) is 5.72. The summed E-state index contributed by atoms with van der Waals surface area (Å²) in [6.45, 7) is 5.09. The molecule has 0 aromatic heterocycles. The molecule has 0 saturated heterocycles. The molecule has 30 heavy (non-hydrogen) atoms. The second-order valence-electron chi connectivity index (χ2n) is 8.72. The smallest absolute Gasteiger partial charge is 0.342 e. The molecule has 0 fully saturated rings. The summed E-state index contributed by atoms with van der Waals surface area (Å²) >= 11 is 0. The van der Waals surface area contributed by atoms with Crippen LogP contribution in [-0.4, -0.2) is 19.7 Å². The third-order valence-corrected chi connectivity index (χ3v) is 5.72. The number of unbranched alkanes of at least 4 members (excludes halogenated alkanes) is 9. The molecule has 0 aliphatic carbocycles. The lowest BCUT2D eigenvalue weighted by atomic mass is 10.0. The molecule has 0 amide bonds. The van der Waals surface area contributed by atoms with E-state index in [1.807, 2.05) is 36.4 Å². The second kappa shape index (κ2) is 14.1. The van der Waals surface area contributed by atoms with Crippen molar-refractivity contribution >= 4 is 16.7 Å². The molecule has 0 bridgehead atoms. The molecule has 0 N–H and O–H groups in total. The van der Waals surface area contributed by atoms with Gasteiger partial charge >= 0.3 is 5.97 Å². The molecule has 3 nitrogen and oxygen atoms in total. The van der Waals surface area contributed by atoms with Gasteiger partial charge in [0.15, 0.2) is 0 Å². The number of fused-ring (bicyclic) bond motifs is 1. The predicted molar refractivity (Wildman–Crippen MR) is 126 cm³/mol. The van der Waals surface area contributed by atoms with E-state index in [1.54, 1.807) is 7.11 Å². The van der Waals surface area contributed by atoms with E-state index < -0.39 is 0 Å². The van der Waals surface area contributed by atoms with Crippen LogP contribution in [0.5, 0.6) is 5.75 Å². The lowest BCUT2D eigenvalue weighted by Gasteiger charge is -2.12. The Morgan fingerprint density at radius 2 is 1.40 bits per heavy atom. The standard InChI is InChI=1S/C27H40O3/c1-22(2)16-12-10-8-6-4-5-7-9-11-15-21-30-27(28)26-24-18-14-13-17-23(24)19-20-25(26)29-3/h13-14,17-20,22H,4-12,15-16,21H2,1-3H3. The van der Waals surface area contributed by atoms with Gasteiger partial charge in [0.25, 0.3) is 0 Å². The predicted octanol–water partition coefficient (Wildman–Crippen LogP) is 7.95. The minimum Gasteiger partial charge on any atom is -0.496 e. The fourth-order valence-corrected chi connectivity index (χ4v) is 3.94. The first-order valence-corrected chi connectivity index (χ1v) is 11.9. The Labute approximate surface area is 183 Å². The topological polar surface area (TPSA) is 35.5 Å². The number of benzene rings is 2. The normalized spacial score (nSPS) is 11.2. The van der Waals surface area contributed by atoms with Gasteiger partial charge in [-0.3, -0.25) is 0 Å². The number of rotatable bonds is 15. The van der Waals surface area contributed by atoms with Crippen LogP contribution in [-0.2, 0) is 4.74 Å². The van der Waals surface area contributed by atoms with Crippen molar-refractivity contribution in [2.75, 3.05) is 13.7 Å². The molecule has 0 radical (unpaired) electrons. The summed E-state index contributed by atoms with van der Waals surface area (Å²) in [5.74, 6) is 1.13. The molecule has 2 rings (SSSR count). The highest BCUT2D eigenvalue weighted by molar-refractivity contribution is 6.07. The van der Waals surface area contributed by atoms with Crippen LogP contribution >= 0.6 is 0 Å². The SMILES string of the molecule is COc1ccc2ccccc2c1C(=O)OCCCCCCCCCCCCC(C)C. The van der Waals surface area contributed by atoms with E-state index in [9.17, 15) is 4.79 Å². The molecule has 0 unspecified atom stereocenters. The molecular formula is C27H40O3. The van der Waals surface area contributed by atoms with Gasteiger partial charge in [0, 0.05) is 0 Å². The van der Waals surface area contributed by atoms with Crippen molar-refractivity contribution in [1.29, 1.82) is 0 Å². The number of methoxy groups -OCH3 is 1. The van der Waals surface area contributed by atoms with Crippen molar-refractivity contribution in [3.05, 3.63) is 42.0 Å². The van der Waals surface area contributed by atoms with Crippen LogP contribution in [0.2, 0.25) is 0 Å². The number of hydrogen-bond acceptors (Lipinski definition) is 3. The number of carbonyl (C=O) groups is 1. The van der Waals surface area contributed by atoms with Crippen molar-refractivity contribution in [1.82, 2.24) is 0 Å². The first kappa shape index (κ1) is 24.2. The van der Waals surface area contributed by atoms with E-state index in [-0.39, 0.29) is 5.97 Å². The van der Waals surface area contributed by atoms with Crippen LogP contribution in [0.3, 0.4) is 0 Å². The van der Waals surface area contributed by atoms with Gasteiger partial charge in [-0.15, -0.1) is 0 Å². The van der Waals surface area contributed by atoms with Gasteiger partial charge < -0.3 is 9.47 Å². The fourth-order valence-electron chi connectivity index (χ4n) is 3.94. The van der Waals surface area contributed by atoms with Crippen molar-refractivity contribution in [3.8, 4) is 5.75 Å². The quantitative estimate of drug-likeness (QED) is 0.220. The Hall–Kier alpha value is -2.03. The zero-order valence-corrected chi connectivity index (χ0v) is 19.3. The van der Waals surface area contributed by atoms with Crippen LogP contribution in [0.1, 0.15) is 94.8 Å². The Morgan fingerprint density at radius 3 is 2.03 bits per heavy atom. The van der Waals surface area contributed by atoms with Crippen LogP contribution < -0.4 is 4.74 Å². The Morgan fingerprint density at radius 1 is 0.800 bits per heavy atom. The maximum Gasteiger partial charge on any atom is 0.342 e. The van der Waals surface area contributed by atoms with E-state index in [2.05, 4.69) is 13.8 Å². The molecular weight excluding hydrogens is 372 g/mol. The summed E-state index contributed by atoms with van der Waals surface area (Å²) < 4.78 is 11.0. The number of esters is 1. The Bertz CT molecular complexity index is 751. The van der Waals surface area contributed by atoms with Crippen molar-refractivity contribution in [2.24, 2.45) is 5.92 Å². The maximum absolute atomic E-state index is 12.7. The molecule has 3 heteroatoms. The van der Waals surface area contributed by atoms with Gasteiger partial charge in [-0.2, -0.15) is 0 Å². The molecule has 0 aliphatic rings. The number of hydrogen-bond donors (Lipinski definition) is 0. The summed E-state index contributed by atoms with van der Waals surface area (Å²) in [5.41, 5.74) is 0.531. The van der Waals surface area contributed by atoms with Crippen molar-refractivity contribution in [3.63, 3.8) is 0 Å². The first-order valence-electron chi connectivity index (χ1n) is 11.9. The number of carbonyl (C=O) groups excluding carboxylic acids is 1. The van der Waals surface area contributed by atoms with E-state index in [0.29, 0.717) is 17.9 Å². The molecule has 0 heterocycles. The zero-order valence-electron chi connectivity index (χ0n) is 19.3. The average molecular weight is 413 g/mol. The summed E-state index contributed by atoms with van der Waals surface area (Å²) in [6.07, 6.45) is 14.2. The summed E-state index contributed by atoms with van der Waals surface area (Å²) in [5, 5.41) is 1.90. The van der Waals surface area contributed by atoms with Crippen LogP contribution in [0.15, 0.2) is 36.4 Å². The lowest BCUT2D eigenvalue weighted by molar-refractivity contribution is 0.0496. The second-order valence-corrected chi connectivity index (χ2v) is 8.72. The molecule has 2 aromatic carbocycles. The number of ether oxygens (including phenoxy) is 2. The molecule has 166 valence electrons. The van der Waals surface area contributed by atoms with Gasteiger partial charge in [-0.25, -0.2) is 4.79 Å². The molecule has 0 atom stereocenters. The lowest BCUT2D eigenvalue weighted by Crippen LogP contribution is -2.09. The van der Waals surface area contributed by atoms with E-state index in [1.165, 1.54) is 57.8 Å². The molecule has 0 spiro atoms. The maximum atomic E-state index is 12.7. The summed E-state index contributed by atoms with van der Waals surface area (Å²) in [4.78, 5) is 12.7. The van der Waals surface area contributed by atoms with Crippen molar-refractivity contribution < 1.29 is 14.3 Å². The Kier molecular flexibility index (Phi) is 11.4. The summed E-state index contributed by atoms with van der Waals surface area (Å²) in [7, 11) is 1.59. The van der Waals surface area contributed by atoms with Gasteiger partial charge in [-0.1, -0.05) is 108 Å². The highest BCUT2D eigenvalue weighted by Gasteiger charge is 2.17. The van der Waals surface area contributed by atoms with Crippen molar-refractivity contribution in [2.45, 2.75) is 84.5 Å². The molecule has 2 aromatic rings. The van der Waals surface area contributed by atoms with E-state index in [4.69, 9.17) is 9.47 Å². The van der Waals surface area contributed by atoms with Gasteiger partial charge in [0.05, 0.1) is 13.7 Å². The molecule has 0 saturated carbocycles. The monoisotopic (exact) mass is 412 g/mol. The van der Waals surface area contributed by atoms with Crippen LogP contribution in [0.25, 0.3) is 10.8 Å². The van der Waals surface area contributed by atoms with Gasteiger partial charge in [0.2, 0.25) is 0 Å². The fraction of sp³-hybridized carbons (Fsp3) is 0.593. The highest BCUT2D eigenvalue weighted by Crippen LogP contribution is 2.28. The minimum atomic E-state index is -0.291. The first-order chi connectivity index (χ1) is 14.6. The third kappa shape index (κ3) is 8.38. The largest absolute Gasteiger partial charge is 0.496 e. The molecule has 0 aliphatic heterocycles. The Balaban J connectivity index is 1.58. The highest BCUT2D eigenvalue weighted by atomic mass is 16.5. The van der Waals surface area contributed by atoms with Gasteiger partial charge in [0.1, 0.15) is 11.3 Å². The average Bonchev–Trinajstić information content (AvgIpc) is 2.75. The van der Waals surface area contributed by atoms with E-state index >= 15 is 0 Å². The van der Waals surface area contributed by atoms with Gasteiger partial charge in [-0.05, 0) is 29.2 Å². The summed E-state index contributed by atoms with van der Waals surface area (Å²) in [6, 6.07) is 11.6. The van der Waals surface area contributed by atoms with Crippen LogP contribution in [0, 0.1) is 5.92 Å². The van der Waals surface area contributed by atoms with E-state index in [0.717, 1.165) is 29.5 Å². The van der Waals surface area contributed by atoms with Crippen LogP contribution in [0.4, 0.5) is 0 Å². The zero-order chi connectivity index (χ0) is 21.6. The minimum absolute atomic E-state index is 0.291.